The molecule has 2 atom stereocenters. The summed E-state index contributed by atoms with van der Waals surface area (Å²) in [5, 5.41) is 0.574. The largest absolute Gasteiger partial charge is 0.418 e. The van der Waals surface area contributed by atoms with E-state index >= 15 is 0 Å². The Kier molecular flexibility index (Phi) is 6.35. The number of hydroxylamine groups is 3. The van der Waals surface area contributed by atoms with Crippen LogP contribution in [0.4, 0.5) is 4.79 Å². The summed E-state index contributed by atoms with van der Waals surface area (Å²) in [6, 6.07) is -2.21. The van der Waals surface area contributed by atoms with Crippen molar-refractivity contribution in [2.45, 2.75) is 24.9 Å². The van der Waals surface area contributed by atoms with Crippen molar-refractivity contribution >= 4 is 32.9 Å². The molecule has 28 heavy (non-hydrogen) atoms. The van der Waals surface area contributed by atoms with Gasteiger partial charge >= 0.3 is 16.4 Å². The van der Waals surface area contributed by atoms with Gasteiger partial charge in [0.2, 0.25) is 0 Å². The van der Waals surface area contributed by atoms with Crippen LogP contribution >= 0.6 is 10.6 Å². The first-order valence-corrected chi connectivity index (χ1v) is 12.0. The lowest BCUT2D eigenvalue weighted by Crippen LogP contribution is -2.50. The molecule has 0 saturated carbocycles. The highest BCUT2D eigenvalue weighted by molar-refractivity contribution is 8.24. The average Bonchev–Trinajstić information content (AvgIpc) is 2.83. The molecule has 4 N–H and O–H groups in total. The zero-order valence-electron chi connectivity index (χ0n) is 15.0. The fourth-order valence-electron chi connectivity index (χ4n) is 3.46. The van der Waals surface area contributed by atoms with Gasteiger partial charge in [0.05, 0.1) is 24.2 Å². The second kappa shape index (κ2) is 8.27. The molecule has 3 rings (SSSR count). The van der Waals surface area contributed by atoms with Gasteiger partial charge in [0.25, 0.3) is 5.91 Å². The summed E-state index contributed by atoms with van der Waals surface area (Å²) < 4.78 is 54.0. The van der Waals surface area contributed by atoms with E-state index in [0.29, 0.717) is 49.0 Å². The average molecular weight is 444 g/mol. The van der Waals surface area contributed by atoms with Crippen LogP contribution < -0.4 is 5.48 Å². The Bertz CT molecular complexity index is 709. The van der Waals surface area contributed by atoms with Crippen LogP contribution in [0.2, 0.25) is 0 Å². The van der Waals surface area contributed by atoms with Gasteiger partial charge in [-0.2, -0.15) is 24.1 Å². The van der Waals surface area contributed by atoms with Crippen molar-refractivity contribution < 1.29 is 40.8 Å². The van der Waals surface area contributed by atoms with Gasteiger partial charge in [-0.3, -0.25) is 28.2 Å². The number of piperidine rings is 1. The molecular formula is C13H24N4O9S2. The summed E-state index contributed by atoms with van der Waals surface area (Å²) in [6.07, 6.45) is 0.622. The monoisotopic (exact) mass is 444 g/mol. The van der Waals surface area contributed by atoms with Gasteiger partial charge in [-0.15, -0.1) is 4.28 Å². The number of amides is 3. The minimum Gasteiger partial charge on any atom is -0.309 e. The molecule has 0 aliphatic carbocycles. The Morgan fingerprint density at radius 3 is 2.57 bits per heavy atom. The maximum absolute atomic E-state index is 12.3. The molecule has 3 fully saturated rings. The first-order chi connectivity index (χ1) is 13.1. The van der Waals surface area contributed by atoms with Crippen molar-refractivity contribution in [1.29, 1.82) is 0 Å². The molecule has 0 aromatic rings. The van der Waals surface area contributed by atoms with Crippen LogP contribution in [0.5, 0.6) is 0 Å². The molecule has 0 spiro atoms. The number of urea groups is 1. The van der Waals surface area contributed by atoms with Crippen molar-refractivity contribution in [3.8, 4) is 0 Å². The summed E-state index contributed by atoms with van der Waals surface area (Å²) in [6.45, 7) is 1.87. The zero-order valence-corrected chi connectivity index (χ0v) is 16.6. The predicted molar refractivity (Wildman–Crippen MR) is 96.5 cm³/mol. The predicted octanol–water partition coefficient (Wildman–Crippen LogP) is -0.897. The molecule has 13 nitrogen and oxygen atoms in total. The fourth-order valence-corrected chi connectivity index (χ4v) is 5.15. The third kappa shape index (κ3) is 5.24. The highest BCUT2D eigenvalue weighted by Crippen LogP contribution is 2.40. The highest BCUT2D eigenvalue weighted by atomic mass is 32.3. The van der Waals surface area contributed by atoms with E-state index in [1.165, 1.54) is 4.90 Å². The van der Waals surface area contributed by atoms with Gasteiger partial charge in [0, 0.05) is 26.2 Å². The number of hydrogen-bond donors (Lipinski definition) is 4. The minimum absolute atomic E-state index is 0.104. The summed E-state index contributed by atoms with van der Waals surface area (Å²) in [5.41, 5.74) is 2.29. The summed E-state index contributed by atoms with van der Waals surface area (Å²) >= 11 is 0. The quantitative estimate of drug-likeness (QED) is 0.219. The smallest absolute Gasteiger partial charge is 0.309 e. The molecule has 0 aromatic carbocycles. The minimum atomic E-state index is -4.83. The summed E-state index contributed by atoms with van der Waals surface area (Å²) in [4.78, 5) is 32.9. The Balaban J connectivity index is 1.42. The van der Waals surface area contributed by atoms with E-state index in [4.69, 9.17) is 9.39 Å². The molecule has 3 aliphatic rings. The zero-order chi connectivity index (χ0) is 20.5. The van der Waals surface area contributed by atoms with Gasteiger partial charge in [0.15, 0.2) is 0 Å². The number of nitrogens with one attached hydrogen (secondary N) is 1. The Labute approximate surface area is 163 Å². The second-order valence-electron chi connectivity index (χ2n) is 6.88. The third-order valence-electron chi connectivity index (χ3n) is 4.95. The van der Waals surface area contributed by atoms with Crippen molar-refractivity contribution in [2.75, 3.05) is 44.3 Å². The van der Waals surface area contributed by atoms with E-state index < -0.39 is 45.0 Å². The molecule has 15 heteroatoms. The maximum Gasteiger partial charge on any atom is 0.418 e. The van der Waals surface area contributed by atoms with Crippen LogP contribution in [0.1, 0.15) is 12.8 Å². The third-order valence-corrected chi connectivity index (χ3v) is 6.97. The number of hydrogen-bond acceptors (Lipinski definition) is 9. The van der Waals surface area contributed by atoms with E-state index in [-0.39, 0.29) is 13.2 Å². The van der Waals surface area contributed by atoms with E-state index in [2.05, 4.69) is 9.76 Å². The topological polar surface area (TPSA) is 169 Å². The van der Waals surface area contributed by atoms with Crippen molar-refractivity contribution in [2.24, 2.45) is 0 Å². The lowest BCUT2D eigenvalue weighted by atomic mass is 10.0. The second-order valence-corrected chi connectivity index (χ2v) is 10.3. The van der Waals surface area contributed by atoms with E-state index in [1.54, 1.807) is 0 Å². The normalized spacial score (nSPS) is 29.0. The highest BCUT2D eigenvalue weighted by Gasteiger charge is 2.49. The van der Waals surface area contributed by atoms with Gasteiger partial charge in [-0.25, -0.2) is 10.3 Å². The van der Waals surface area contributed by atoms with Crippen LogP contribution in [0.25, 0.3) is 0 Å². The number of nitrogens with zero attached hydrogens (tertiary/aromatic N) is 3. The molecule has 162 valence electrons. The van der Waals surface area contributed by atoms with Crippen LogP contribution in [-0.4, -0.2) is 105 Å². The van der Waals surface area contributed by atoms with Gasteiger partial charge in [0.1, 0.15) is 6.04 Å². The summed E-state index contributed by atoms with van der Waals surface area (Å²) in [5.74, 6) is 0.109. The molecular weight excluding hydrogens is 420 g/mol. The van der Waals surface area contributed by atoms with E-state index in [9.17, 15) is 27.1 Å². The van der Waals surface area contributed by atoms with Crippen molar-refractivity contribution in [1.82, 2.24) is 20.3 Å². The Morgan fingerprint density at radius 1 is 1.25 bits per heavy atom. The number of rotatable bonds is 7. The SMILES string of the molecule is O=C(NOCCN1CCS(O)(O)CC1)[C@@H]1CC[C@@H]2CN1C(=O)N2OS(=O)(=O)O. The number of carbonyl (C=O) groups excluding carboxylic acids is 2. The van der Waals surface area contributed by atoms with Crippen LogP contribution in [0.15, 0.2) is 0 Å². The molecule has 3 amide bonds. The maximum atomic E-state index is 12.3. The molecule has 2 bridgehead atoms. The van der Waals surface area contributed by atoms with Crippen LogP contribution in [0.3, 0.4) is 0 Å². The van der Waals surface area contributed by atoms with Crippen LogP contribution in [-0.2, 0) is 24.3 Å². The van der Waals surface area contributed by atoms with E-state index in [0.717, 1.165) is 0 Å². The summed E-state index contributed by atoms with van der Waals surface area (Å²) in [7, 11) is -7.29. The first-order valence-electron chi connectivity index (χ1n) is 8.70. The Hall–Kier alpha value is -1.20. The molecule has 0 unspecified atom stereocenters. The van der Waals surface area contributed by atoms with Gasteiger partial charge in [-0.1, -0.05) is 0 Å². The molecule has 3 saturated heterocycles. The standard InChI is InChI=1S/C13H24N4O9S2/c18-12(14-25-6-3-15-4-7-27(20,21)8-5-15)11-2-1-10-9-16(11)13(19)17(10)26-28(22,23)24/h10-11,20-21H,1-9H2,(H,14,18)(H,22,23,24)/t10-,11+/m1/s1. The van der Waals surface area contributed by atoms with Crippen molar-refractivity contribution in [3.05, 3.63) is 0 Å². The van der Waals surface area contributed by atoms with Gasteiger partial charge in [-0.05, 0) is 12.8 Å². The molecule has 3 heterocycles. The Morgan fingerprint density at radius 2 is 1.93 bits per heavy atom. The number of fused-ring (bicyclic) bond motifs is 2. The lowest BCUT2D eigenvalue weighted by molar-refractivity contribution is -0.139. The van der Waals surface area contributed by atoms with Crippen molar-refractivity contribution in [3.63, 3.8) is 0 Å². The van der Waals surface area contributed by atoms with Gasteiger partial charge < -0.3 is 4.90 Å². The first kappa shape index (κ1) is 21.5. The molecule has 3 aliphatic heterocycles. The molecule has 0 aromatic heterocycles. The molecule has 0 radical (unpaired) electrons. The van der Waals surface area contributed by atoms with E-state index in [1.807, 2.05) is 4.90 Å². The fraction of sp³-hybridized carbons (Fsp3) is 0.846. The number of carbonyl (C=O) groups is 2. The lowest BCUT2D eigenvalue weighted by Gasteiger charge is -2.40. The van der Waals surface area contributed by atoms with Crippen LogP contribution in [0, 0.1) is 0 Å².